The van der Waals surface area contributed by atoms with Crippen LogP contribution < -0.4 is 0 Å². The van der Waals surface area contributed by atoms with Crippen LogP contribution in [-0.2, 0) is 4.79 Å². The Labute approximate surface area is 87.2 Å². The van der Waals surface area contributed by atoms with Gasteiger partial charge in [0.1, 0.15) is 0 Å². The fourth-order valence-electron chi connectivity index (χ4n) is 1.54. The smallest absolute Gasteiger partial charge is 0.226 e. The first-order valence-electron chi connectivity index (χ1n) is 4.73. The number of carbonyl (C=O) groups is 2. The predicted octanol–water partition coefficient (Wildman–Crippen LogP) is 1.60. The van der Waals surface area contributed by atoms with Gasteiger partial charge in [-0.2, -0.15) is 0 Å². The van der Waals surface area contributed by atoms with Crippen molar-refractivity contribution in [2.75, 3.05) is 7.05 Å². The zero-order valence-electron chi connectivity index (χ0n) is 8.40. The van der Waals surface area contributed by atoms with E-state index in [1.165, 1.54) is 17.2 Å². The summed E-state index contributed by atoms with van der Waals surface area (Å²) in [4.78, 5) is 24.3. The Morgan fingerprint density at radius 3 is 2.87 bits per heavy atom. The van der Waals surface area contributed by atoms with E-state index in [0.29, 0.717) is 18.6 Å². The number of nitrogens with zero attached hydrogens (tertiary/aromatic N) is 1. The van der Waals surface area contributed by atoms with Crippen LogP contribution in [-0.4, -0.2) is 23.6 Å². The van der Waals surface area contributed by atoms with Crippen molar-refractivity contribution in [1.82, 2.24) is 4.90 Å². The van der Waals surface area contributed by atoms with Gasteiger partial charge in [-0.15, -0.1) is 0 Å². The Kier molecular flexibility index (Phi) is 2.41. The molecule has 0 saturated carbocycles. The fourth-order valence-corrected chi connectivity index (χ4v) is 1.54. The van der Waals surface area contributed by atoms with Gasteiger partial charge >= 0.3 is 0 Å². The molecule has 0 atom stereocenters. The average Bonchev–Trinajstić information content (AvgIpc) is 2.83. The summed E-state index contributed by atoms with van der Waals surface area (Å²) in [5.41, 5.74) is 0.751. The van der Waals surface area contributed by atoms with Crippen LogP contribution in [0.3, 0.4) is 0 Å². The maximum atomic E-state index is 11.6. The van der Waals surface area contributed by atoms with Gasteiger partial charge in [0, 0.05) is 25.2 Å². The third-order valence-electron chi connectivity index (χ3n) is 2.46. The lowest BCUT2D eigenvalue weighted by Crippen LogP contribution is -2.17. The molecule has 0 bridgehead atoms. The molecule has 1 aromatic rings. The third kappa shape index (κ3) is 1.83. The Bertz CT molecular complexity index is 417. The number of ketones is 1. The van der Waals surface area contributed by atoms with Crippen LogP contribution in [0.15, 0.2) is 34.6 Å². The topological polar surface area (TPSA) is 50.5 Å². The van der Waals surface area contributed by atoms with E-state index in [-0.39, 0.29) is 11.7 Å². The van der Waals surface area contributed by atoms with Crippen molar-refractivity contribution in [1.29, 1.82) is 0 Å². The first kappa shape index (κ1) is 9.71. The van der Waals surface area contributed by atoms with Crippen molar-refractivity contribution in [2.45, 2.75) is 12.8 Å². The molecule has 1 aliphatic heterocycles. The van der Waals surface area contributed by atoms with Crippen LogP contribution in [0.25, 0.3) is 0 Å². The van der Waals surface area contributed by atoms with Gasteiger partial charge in [0.15, 0.2) is 5.76 Å². The molecule has 0 aromatic carbocycles. The SMILES string of the molecule is CN1C(=O)CC/C1=C\C(=O)c1ccco1. The van der Waals surface area contributed by atoms with Crippen molar-refractivity contribution in [3.63, 3.8) is 0 Å². The minimum absolute atomic E-state index is 0.0495. The first-order valence-corrected chi connectivity index (χ1v) is 4.73. The van der Waals surface area contributed by atoms with Gasteiger partial charge in [-0.3, -0.25) is 9.59 Å². The molecule has 15 heavy (non-hydrogen) atoms. The molecule has 2 rings (SSSR count). The fraction of sp³-hybridized carbons (Fsp3) is 0.273. The number of rotatable bonds is 2. The van der Waals surface area contributed by atoms with Gasteiger partial charge in [0.05, 0.1) is 6.26 Å². The lowest BCUT2D eigenvalue weighted by molar-refractivity contribution is -0.125. The average molecular weight is 205 g/mol. The van der Waals surface area contributed by atoms with E-state index in [1.54, 1.807) is 19.2 Å². The first-order chi connectivity index (χ1) is 7.18. The van der Waals surface area contributed by atoms with Crippen LogP contribution in [0.2, 0.25) is 0 Å². The summed E-state index contributed by atoms with van der Waals surface area (Å²) in [6, 6.07) is 3.27. The Morgan fingerprint density at radius 1 is 1.53 bits per heavy atom. The molecule has 0 N–H and O–H groups in total. The summed E-state index contributed by atoms with van der Waals surface area (Å²) in [6.45, 7) is 0. The number of hydrogen-bond acceptors (Lipinski definition) is 3. The minimum atomic E-state index is -0.198. The second kappa shape index (κ2) is 3.73. The number of allylic oxidation sites excluding steroid dienone is 2. The largest absolute Gasteiger partial charge is 0.461 e. The second-order valence-corrected chi connectivity index (χ2v) is 3.43. The van der Waals surface area contributed by atoms with E-state index in [0.717, 1.165) is 5.70 Å². The van der Waals surface area contributed by atoms with Crippen molar-refractivity contribution in [2.24, 2.45) is 0 Å². The third-order valence-corrected chi connectivity index (χ3v) is 2.46. The number of carbonyl (C=O) groups excluding carboxylic acids is 2. The lowest BCUT2D eigenvalue weighted by atomic mass is 10.2. The predicted molar refractivity (Wildman–Crippen MR) is 53.1 cm³/mol. The van der Waals surface area contributed by atoms with Gasteiger partial charge < -0.3 is 9.32 Å². The molecule has 0 aliphatic carbocycles. The maximum absolute atomic E-state index is 11.6. The summed E-state index contributed by atoms with van der Waals surface area (Å²) in [5.74, 6) is 0.153. The van der Waals surface area contributed by atoms with Gasteiger partial charge in [0.2, 0.25) is 11.7 Å². The Hall–Kier alpha value is -1.84. The molecule has 1 saturated heterocycles. The molecule has 78 valence electrons. The molecule has 4 nitrogen and oxygen atoms in total. The molecule has 4 heteroatoms. The van der Waals surface area contributed by atoms with Crippen molar-refractivity contribution >= 4 is 11.7 Å². The summed E-state index contributed by atoms with van der Waals surface area (Å²) >= 11 is 0. The minimum Gasteiger partial charge on any atom is -0.461 e. The summed E-state index contributed by atoms with van der Waals surface area (Å²) in [7, 11) is 1.68. The highest BCUT2D eigenvalue weighted by molar-refractivity contribution is 6.03. The zero-order chi connectivity index (χ0) is 10.8. The zero-order valence-corrected chi connectivity index (χ0v) is 8.40. The molecule has 1 aliphatic rings. The van der Waals surface area contributed by atoms with E-state index in [2.05, 4.69) is 0 Å². The van der Waals surface area contributed by atoms with E-state index >= 15 is 0 Å². The molecule has 1 fully saturated rings. The number of furan rings is 1. The molecule has 0 radical (unpaired) electrons. The maximum Gasteiger partial charge on any atom is 0.226 e. The number of hydrogen-bond donors (Lipinski definition) is 0. The van der Waals surface area contributed by atoms with E-state index < -0.39 is 0 Å². The molecular weight excluding hydrogens is 194 g/mol. The van der Waals surface area contributed by atoms with Crippen molar-refractivity contribution in [3.05, 3.63) is 35.9 Å². The highest BCUT2D eigenvalue weighted by atomic mass is 16.3. The molecule has 0 spiro atoms. The Balaban J connectivity index is 2.18. The normalized spacial score (nSPS) is 18.9. The quantitative estimate of drug-likeness (QED) is 0.544. The molecule has 0 unspecified atom stereocenters. The van der Waals surface area contributed by atoms with Crippen LogP contribution in [0.4, 0.5) is 0 Å². The van der Waals surface area contributed by atoms with Gasteiger partial charge in [-0.1, -0.05) is 0 Å². The van der Waals surface area contributed by atoms with Crippen LogP contribution in [0, 0.1) is 0 Å². The van der Waals surface area contributed by atoms with E-state index in [4.69, 9.17) is 4.42 Å². The second-order valence-electron chi connectivity index (χ2n) is 3.43. The van der Waals surface area contributed by atoms with Crippen molar-refractivity contribution < 1.29 is 14.0 Å². The van der Waals surface area contributed by atoms with E-state index in [9.17, 15) is 9.59 Å². The number of likely N-dealkylation sites (tertiary alicyclic amines) is 1. The summed E-state index contributed by atoms with van der Waals surface area (Å²) in [5, 5.41) is 0. The van der Waals surface area contributed by atoms with Crippen LogP contribution in [0.1, 0.15) is 23.4 Å². The van der Waals surface area contributed by atoms with Gasteiger partial charge in [-0.05, 0) is 18.6 Å². The number of amides is 1. The highest BCUT2D eigenvalue weighted by Crippen LogP contribution is 2.20. The molecule has 2 heterocycles. The molecule has 1 amide bonds. The monoisotopic (exact) mass is 205 g/mol. The molecular formula is C11H11NO3. The summed E-state index contributed by atoms with van der Waals surface area (Å²) < 4.78 is 4.97. The van der Waals surface area contributed by atoms with Gasteiger partial charge in [-0.25, -0.2) is 0 Å². The standard InChI is InChI=1S/C11H11NO3/c1-12-8(4-5-11(12)14)7-9(13)10-3-2-6-15-10/h2-3,6-7H,4-5H2,1H3/b8-7+. The van der Waals surface area contributed by atoms with Gasteiger partial charge in [0.25, 0.3) is 0 Å². The highest BCUT2D eigenvalue weighted by Gasteiger charge is 2.22. The van der Waals surface area contributed by atoms with Crippen LogP contribution >= 0.6 is 0 Å². The Morgan fingerprint density at radius 2 is 2.33 bits per heavy atom. The summed E-state index contributed by atoms with van der Waals surface area (Å²) in [6.07, 6.45) is 4.02. The molecule has 1 aromatic heterocycles. The van der Waals surface area contributed by atoms with E-state index in [1.807, 2.05) is 0 Å². The van der Waals surface area contributed by atoms with Crippen molar-refractivity contribution in [3.8, 4) is 0 Å². The van der Waals surface area contributed by atoms with Crippen LogP contribution in [0.5, 0.6) is 0 Å². The lowest BCUT2D eigenvalue weighted by Gasteiger charge is -2.09.